The van der Waals surface area contributed by atoms with Crippen LogP contribution in [0.4, 0.5) is 0 Å². The van der Waals surface area contributed by atoms with E-state index in [1.165, 1.54) is 0 Å². The number of hydrogen-bond donors (Lipinski definition) is 1. The summed E-state index contributed by atoms with van der Waals surface area (Å²) in [4.78, 5) is 0.351. The Morgan fingerprint density at radius 2 is 2.11 bits per heavy atom. The van der Waals surface area contributed by atoms with E-state index in [4.69, 9.17) is 18.0 Å². The van der Waals surface area contributed by atoms with Crippen LogP contribution in [0.1, 0.15) is 12.5 Å². The van der Waals surface area contributed by atoms with Crippen molar-refractivity contribution in [2.24, 2.45) is 5.73 Å². The molecule has 0 fully saturated rings. The Morgan fingerprint density at radius 1 is 1.37 bits per heavy atom. The standard InChI is InChI=1S/C13H16N2O2S2/c1-2-19(16,17)9-8-15-7-6-10-11(13(14)18)4-3-5-12(10)15/h3-7H,2,8-9H2,1H3,(H2,14,18). The minimum Gasteiger partial charge on any atom is -0.389 e. The molecule has 2 aromatic rings. The van der Waals surface area contributed by atoms with Crippen molar-refractivity contribution >= 4 is 37.9 Å². The number of sulfone groups is 1. The summed E-state index contributed by atoms with van der Waals surface area (Å²) in [6, 6.07) is 7.61. The van der Waals surface area contributed by atoms with E-state index in [0.717, 1.165) is 16.5 Å². The van der Waals surface area contributed by atoms with Gasteiger partial charge in [0.1, 0.15) is 4.99 Å². The van der Waals surface area contributed by atoms with Crippen LogP contribution in [0.2, 0.25) is 0 Å². The van der Waals surface area contributed by atoms with E-state index in [-0.39, 0.29) is 11.5 Å². The van der Waals surface area contributed by atoms with Crippen LogP contribution >= 0.6 is 12.2 Å². The Kier molecular flexibility index (Phi) is 3.91. The van der Waals surface area contributed by atoms with Crippen LogP contribution in [0.3, 0.4) is 0 Å². The van der Waals surface area contributed by atoms with Gasteiger partial charge in [-0.15, -0.1) is 0 Å². The quantitative estimate of drug-likeness (QED) is 0.853. The summed E-state index contributed by atoms with van der Waals surface area (Å²) in [5.41, 5.74) is 7.46. The Hall–Kier alpha value is -1.40. The van der Waals surface area contributed by atoms with Gasteiger partial charge in [0.2, 0.25) is 0 Å². The van der Waals surface area contributed by atoms with Crippen LogP contribution in [0.25, 0.3) is 10.9 Å². The second-order valence-corrected chi connectivity index (χ2v) is 7.26. The van der Waals surface area contributed by atoms with Gasteiger partial charge in [0.05, 0.1) is 5.75 Å². The third-order valence-corrected chi connectivity index (χ3v) is 5.07. The minimum atomic E-state index is -2.96. The molecule has 0 spiro atoms. The molecule has 1 heterocycles. The molecule has 0 saturated carbocycles. The van der Waals surface area contributed by atoms with Crippen molar-refractivity contribution in [3.8, 4) is 0 Å². The number of nitrogens with two attached hydrogens (primary N) is 1. The molecule has 0 radical (unpaired) electrons. The molecule has 2 rings (SSSR count). The van der Waals surface area contributed by atoms with Gasteiger partial charge in [0.15, 0.2) is 9.84 Å². The van der Waals surface area contributed by atoms with Crippen molar-refractivity contribution in [3.63, 3.8) is 0 Å². The summed E-state index contributed by atoms with van der Waals surface area (Å²) >= 11 is 5.01. The molecule has 0 saturated heterocycles. The van der Waals surface area contributed by atoms with E-state index in [1.54, 1.807) is 6.92 Å². The van der Waals surface area contributed by atoms with Crippen molar-refractivity contribution in [3.05, 3.63) is 36.0 Å². The molecule has 0 atom stereocenters. The van der Waals surface area contributed by atoms with Gasteiger partial charge < -0.3 is 10.3 Å². The number of fused-ring (bicyclic) bond motifs is 1. The molecule has 1 aromatic carbocycles. The molecule has 0 aliphatic rings. The van der Waals surface area contributed by atoms with Crippen LogP contribution in [0.5, 0.6) is 0 Å². The van der Waals surface area contributed by atoms with E-state index in [1.807, 2.05) is 35.0 Å². The molecule has 19 heavy (non-hydrogen) atoms. The van der Waals surface area contributed by atoms with Crippen molar-refractivity contribution in [1.29, 1.82) is 0 Å². The zero-order valence-electron chi connectivity index (χ0n) is 10.7. The summed E-state index contributed by atoms with van der Waals surface area (Å²) in [5.74, 6) is 0.314. The minimum absolute atomic E-state index is 0.143. The summed E-state index contributed by atoms with van der Waals surface area (Å²) in [5, 5.41) is 0.962. The second-order valence-electron chi connectivity index (χ2n) is 4.35. The van der Waals surface area contributed by atoms with E-state index < -0.39 is 9.84 Å². The molecule has 1 aromatic heterocycles. The second kappa shape index (κ2) is 5.30. The number of rotatable bonds is 5. The maximum absolute atomic E-state index is 11.6. The lowest BCUT2D eigenvalue weighted by Gasteiger charge is -2.06. The van der Waals surface area contributed by atoms with Crippen molar-refractivity contribution in [2.45, 2.75) is 13.5 Å². The lowest BCUT2D eigenvalue weighted by molar-refractivity contribution is 0.591. The van der Waals surface area contributed by atoms with Gasteiger partial charge in [0, 0.05) is 35.0 Å². The Bertz CT molecular complexity index is 717. The van der Waals surface area contributed by atoms with Gasteiger partial charge in [-0.25, -0.2) is 8.42 Å². The van der Waals surface area contributed by atoms with E-state index >= 15 is 0 Å². The highest BCUT2D eigenvalue weighted by molar-refractivity contribution is 7.91. The average Bonchev–Trinajstić information content (AvgIpc) is 2.79. The lowest BCUT2D eigenvalue weighted by Crippen LogP contribution is -2.14. The fourth-order valence-corrected chi connectivity index (χ4v) is 2.96. The molecule has 102 valence electrons. The summed E-state index contributed by atoms with van der Waals surface area (Å²) in [6.45, 7) is 2.11. The number of hydrogen-bond acceptors (Lipinski definition) is 3. The van der Waals surface area contributed by atoms with Gasteiger partial charge in [-0.05, 0) is 12.1 Å². The first-order valence-corrected chi connectivity index (χ1v) is 8.25. The highest BCUT2D eigenvalue weighted by Gasteiger charge is 2.10. The molecule has 0 amide bonds. The van der Waals surface area contributed by atoms with Gasteiger partial charge in [-0.3, -0.25) is 0 Å². The predicted molar refractivity (Wildman–Crippen MR) is 82.2 cm³/mol. The zero-order chi connectivity index (χ0) is 14.0. The normalized spacial score (nSPS) is 11.8. The molecular weight excluding hydrogens is 280 g/mol. The van der Waals surface area contributed by atoms with Crippen molar-refractivity contribution in [2.75, 3.05) is 11.5 Å². The SMILES string of the molecule is CCS(=O)(=O)CCn1ccc2c(C(N)=S)cccc21. The molecule has 0 unspecified atom stereocenters. The monoisotopic (exact) mass is 296 g/mol. The fourth-order valence-electron chi connectivity index (χ4n) is 2.02. The Morgan fingerprint density at radius 3 is 2.74 bits per heavy atom. The van der Waals surface area contributed by atoms with Gasteiger partial charge >= 0.3 is 0 Å². The first kappa shape index (κ1) is 14.0. The molecule has 0 aliphatic heterocycles. The Labute approximate surface area is 118 Å². The molecular formula is C13H16N2O2S2. The topological polar surface area (TPSA) is 65.1 Å². The van der Waals surface area contributed by atoms with Crippen LogP contribution in [-0.2, 0) is 16.4 Å². The van der Waals surface area contributed by atoms with Gasteiger partial charge in [-0.1, -0.05) is 31.3 Å². The molecule has 6 heteroatoms. The number of aromatic nitrogens is 1. The summed E-state index contributed by atoms with van der Waals surface area (Å²) in [7, 11) is -2.96. The van der Waals surface area contributed by atoms with Crippen LogP contribution in [0.15, 0.2) is 30.5 Å². The van der Waals surface area contributed by atoms with Gasteiger partial charge in [0.25, 0.3) is 0 Å². The number of aryl methyl sites for hydroxylation is 1. The maximum atomic E-state index is 11.6. The first-order valence-electron chi connectivity index (χ1n) is 6.02. The molecule has 0 aliphatic carbocycles. The smallest absolute Gasteiger partial charge is 0.151 e. The highest BCUT2D eigenvalue weighted by atomic mass is 32.2. The number of benzene rings is 1. The highest BCUT2D eigenvalue weighted by Crippen LogP contribution is 2.20. The molecule has 0 bridgehead atoms. The van der Waals surface area contributed by atoms with E-state index in [0.29, 0.717) is 11.5 Å². The molecule has 2 N–H and O–H groups in total. The zero-order valence-corrected chi connectivity index (χ0v) is 12.3. The van der Waals surface area contributed by atoms with Crippen molar-refractivity contribution < 1.29 is 8.42 Å². The Balaban J connectivity index is 2.36. The van der Waals surface area contributed by atoms with Crippen LogP contribution in [0, 0.1) is 0 Å². The third-order valence-electron chi connectivity index (χ3n) is 3.16. The number of thiocarbonyl (C=S) groups is 1. The summed E-state index contributed by atoms with van der Waals surface area (Å²) in [6.07, 6.45) is 1.87. The molecule has 4 nitrogen and oxygen atoms in total. The predicted octanol–water partition coefficient (Wildman–Crippen LogP) is 1.71. The third kappa shape index (κ3) is 2.96. The van der Waals surface area contributed by atoms with E-state index in [9.17, 15) is 8.42 Å². The van der Waals surface area contributed by atoms with Crippen molar-refractivity contribution in [1.82, 2.24) is 4.57 Å². The average molecular weight is 296 g/mol. The van der Waals surface area contributed by atoms with Crippen LogP contribution in [-0.4, -0.2) is 29.5 Å². The van der Waals surface area contributed by atoms with Crippen LogP contribution < -0.4 is 5.73 Å². The summed E-state index contributed by atoms with van der Waals surface area (Å²) < 4.78 is 25.0. The first-order chi connectivity index (χ1) is 8.94. The number of nitrogens with zero attached hydrogens (tertiary/aromatic N) is 1. The van der Waals surface area contributed by atoms with E-state index in [2.05, 4.69) is 0 Å². The maximum Gasteiger partial charge on any atom is 0.151 e. The fraction of sp³-hybridized carbons (Fsp3) is 0.308. The largest absolute Gasteiger partial charge is 0.389 e. The van der Waals surface area contributed by atoms with Gasteiger partial charge in [-0.2, -0.15) is 0 Å². The lowest BCUT2D eigenvalue weighted by atomic mass is 10.1.